The lowest BCUT2D eigenvalue weighted by Gasteiger charge is -2.16. The Morgan fingerprint density at radius 2 is 2.27 bits per heavy atom. The molecule has 1 heterocycles. The zero-order chi connectivity index (χ0) is 11.5. The van der Waals surface area contributed by atoms with Crippen LogP contribution in [-0.4, -0.2) is 45.0 Å². The van der Waals surface area contributed by atoms with Crippen LogP contribution in [-0.2, 0) is 14.6 Å². The van der Waals surface area contributed by atoms with Crippen molar-refractivity contribution < 1.29 is 13.2 Å². The summed E-state index contributed by atoms with van der Waals surface area (Å²) in [6.45, 7) is 2.56. The fourth-order valence-corrected chi connectivity index (χ4v) is 2.74. The second kappa shape index (κ2) is 4.94. The molecule has 88 valence electrons. The van der Waals surface area contributed by atoms with Crippen molar-refractivity contribution in [3.8, 4) is 0 Å². The average molecular weight is 234 g/mol. The number of rotatable bonds is 4. The Bertz CT molecular complexity index is 320. The molecule has 15 heavy (non-hydrogen) atoms. The van der Waals surface area contributed by atoms with Crippen molar-refractivity contribution >= 4 is 15.7 Å². The monoisotopic (exact) mass is 234 g/mol. The molecule has 1 fully saturated rings. The number of hydrogen-bond donors (Lipinski definition) is 2. The first-order chi connectivity index (χ1) is 6.88. The number of hydrogen-bond acceptors (Lipinski definition) is 4. The van der Waals surface area contributed by atoms with Gasteiger partial charge in [0.1, 0.15) is 9.84 Å². The summed E-state index contributed by atoms with van der Waals surface area (Å²) in [7, 11) is -3.03. The van der Waals surface area contributed by atoms with E-state index < -0.39 is 9.84 Å². The van der Waals surface area contributed by atoms with E-state index in [1.807, 2.05) is 0 Å². The summed E-state index contributed by atoms with van der Waals surface area (Å²) in [6, 6.07) is -0.470. The van der Waals surface area contributed by atoms with Gasteiger partial charge in [0.25, 0.3) is 0 Å². The van der Waals surface area contributed by atoms with Crippen LogP contribution in [0, 0.1) is 0 Å². The van der Waals surface area contributed by atoms with E-state index >= 15 is 0 Å². The van der Waals surface area contributed by atoms with Gasteiger partial charge in [-0.2, -0.15) is 0 Å². The fraction of sp³-hybridized carbons (Fsp3) is 0.889. The van der Waals surface area contributed by atoms with Gasteiger partial charge in [0.05, 0.1) is 11.8 Å². The van der Waals surface area contributed by atoms with Crippen molar-refractivity contribution in [2.24, 2.45) is 0 Å². The molecule has 0 aromatic heterocycles. The Kier molecular flexibility index (Phi) is 4.10. The van der Waals surface area contributed by atoms with Crippen LogP contribution in [0.2, 0.25) is 0 Å². The third-order valence-corrected chi connectivity index (χ3v) is 3.42. The smallest absolute Gasteiger partial charge is 0.237 e. The molecule has 6 heteroatoms. The van der Waals surface area contributed by atoms with Crippen molar-refractivity contribution in [3.05, 3.63) is 0 Å². The van der Waals surface area contributed by atoms with Gasteiger partial charge in [-0.05, 0) is 26.3 Å². The Hall–Kier alpha value is -0.620. The lowest BCUT2D eigenvalue weighted by molar-refractivity contribution is -0.123. The Morgan fingerprint density at radius 1 is 1.60 bits per heavy atom. The lowest BCUT2D eigenvalue weighted by Crippen LogP contribution is -2.46. The average Bonchev–Trinajstić information content (AvgIpc) is 2.50. The van der Waals surface area contributed by atoms with Crippen LogP contribution in [0.5, 0.6) is 0 Å². The quantitative estimate of drug-likeness (QED) is 0.673. The van der Waals surface area contributed by atoms with E-state index in [1.165, 1.54) is 6.26 Å². The highest BCUT2D eigenvalue weighted by molar-refractivity contribution is 7.90. The lowest BCUT2D eigenvalue weighted by atomic mass is 10.2. The zero-order valence-corrected chi connectivity index (χ0v) is 9.93. The van der Waals surface area contributed by atoms with E-state index in [0.29, 0.717) is 0 Å². The maximum Gasteiger partial charge on any atom is 0.237 e. The molecule has 0 bridgehead atoms. The summed E-state index contributed by atoms with van der Waals surface area (Å²) < 4.78 is 22.0. The third-order valence-electron chi connectivity index (χ3n) is 2.32. The molecule has 2 N–H and O–H groups in total. The third kappa shape index (κ3) is 4.61. The summed E-state index contributed by atoms with van der Waals surface area (Å²) in [5.74, 6) is -0.102. The molecule has 5 nitrogen and oxygen atoms in total. The van der Waals surface area contributed by atoms with Crippen LogP contribution in [0.15, 0.2) is 0 Å². The van der Waals surface area contributed by atoms with Gasteiger partial charge in [-0.3, -0.25) is 4.79 Å². The van der Waals surface area contributed by atoms with Gasteiger partial charge in [0, 0.05) is 12.3 Å². The van der Waals surface area contributed by atoms with Crippen LogP contribution >= 0.6 is 0 Å². The van der Waals surface area contributed by atoms with E-state index in [0.717, 1.165) is 19.4 Å². The molecular formula is C9H18N2O3S. The number of nitrogens with one attached hydrogen (secondary N) is 2. The van der Waals surface area contributed by atoms with Crippen molar-refractivity contribution in [1.29, 1.82) is 0 Å². The fourth-order valence-electron chi connectivity index (χ4n) is 1.75. The first-order valence-corrected chi connectivity index (χ1v) is 7.16. The predicted octanol–water partition coefficient (Wildman–Crippen LogP) is -0.712. The molecule has 1 aliphatic heterocycles. The van der Waals surface area contributed by atoms with Crippen molar-refractivity contribution in [3.63, 3.8) is 0 Å². The SMILES string of the molecule is CC(CS(C)(=O)=O)NC(=O)[C@@H]1CCCN1. The first-order valence-electron chi connectivity index (χ1n) is 5.10. The van der Waals surface area contributed by atoms with Gasteiger partial charge in [-0.1, -0.05) is 0 Å². The van der Waals surface area contributed by atoms with Gasteiger partial charge in [0.15, 0.2) is 0 Å². The minimum atomic E-state index is -3.03. The minimum absolute atomic E-state index is 0.00847. The molecule has 0 aromatic rings. The van der Waals surface area contributed by atoms with Crippen molar-refractivity contribution in [2.75, 3.05) is 18.6 Å². The second-order valence-corrected chi connectivity index (χ2v) is 6.34. The van der Waals surface area contributed by atoms with Crippen molar-refractivity contribution in [1.82, 2.24) is 10.6 Å². The number of sulfone groups is 1. The maximum absolute atomic E-state index is 11.6. The first kappa shape index (κ1) is 12.4. The zero-order valence-electron chi connectivity index (χ0n) is 9.12. The molecule has 1 amide bonds. The molecule has 1 saturated heterocycles. The topological polar surface area (TPSA) is 75.3 Å². The molecule has 1 aliphatic rings. The highest BCUT2D eigenvalue weighted by Crippen LogP contribution is 2.05. The molecule has 1 unspecified atom stereocenters. The summed E-state index contributed by atoms with van der Waals surface area (Å²) >= 11 is 0. The van der Waals surface area contributed by atoms with Gasteiger partial charge in [-0.15, -0.1) is 0 Å². The molecule has 2 atom stereocenters. The van der Waals surface area contributed by atoms with E-state index in [9.17, 15) is 13.2 Å². The Balaban J connectivity index is 2.37. The Labute approximate surface area is 90.5 Å². The van der Waals surface area contributed by atoms with Gasteiger partial charge < -0.3 is 10.6 Å². The minimum Gasteiger partial charge on any atom is -0.351 e. The molecule has 0 radical (unpaired) electrons. The van der Waals surface area contributed by atoms with Crippen LogP contribution in [0.4, 0.5) is 0 Å². The summed E-state index contributed by atoms with van der Waals surface area (Å²) in [5.41, 5.74) is 0. The van der Waals surface area contributed by atoms with Gasteiger partial charge >= 0.3 is 0 Å². The summed E-state index contributed by atoms with van der Waals surface area (Å²) in [5, 5.41) is 5.76. The maximum atomic E-state index is 11.6. The highest BCUT2D eigenvalue weighted by Gasteiger charge is 2.23. The number of carbonyl (C=O) groups is 1. The Morgan fingerprint density at radius 3 is 2.73 bits per heavy atom. The summed E-state index contributed by atoms with van der Waals surface area (Å²) in [4.78, 5) is 11.6. The molecule has 0 saturated carbocycles. The second-order valence-electron chi connectivity index (χ2n) is 4.15. The number of carbonyl (C=O) groups excluding carboxylic acids is 1. The summed E-state index contributed by atoms with van der Waals surface area (Å²) in [6.07, 6.45) is 3.00. The highest BCUT2D eigenvalue weighted by atomic mass is 32.2. The predicted molar refractivity (Wildman–Crippen MR) is 58.3 cm³/mol. The van der Waals surface area contributed by atoms with Crippen LogP contribution in [0.1, 0.15) is 19.8 Å². The van der Waals surface area contributed by atoms with Gasteiger partial charge in [-0.25, -0.2) is 8.42 Å². The van der Waals surface area contributed by atoms with E-state index in [4.69, 9.17) is 0 Å². The van der Waals surface area contributed by atoms with Crippen LogP contribution < -0.4 is 10.6 Å². The van der Waals surface area contributed by atoms with E-state index in [-0.39, 0.29) is 23.7 Å². The molecule has 1 rings (SSSR count). The largest absolute Gasteiger partial charge is 0.351 e. The van der Waals surface area contributed by atoms with E-state index in [1.54, 1.807) is 6.92 Å². The molecule has 0 spiro atoms. The van der Waals surface area contributed by atoms with Crippen LogP contribution in [0.25, 0.3) is 0 Å². The van der Waals surface area contributed by atoms with Crippen molar-refractivity contribution in [2.45, 2.75) is 31.8 Å². The van der Waals surface area contributed by atoms with E-state index in [2.05, 4.69) is 10.6 Å². The van der Waals surface area contributed by atoms with Crippen LogP contribution in [0.3, 0.4) is 0 Å². The molecule has 0 aliphatic carbocycles. The van der Waals surface area contributed by atoms with Gasteiger partial charge in [0.2, 0.25) is 5.91 Å². The number of amides is 1. The molecule has 0 aromatic carbocycles. The standard InChI is InChI=1S/C9H18N2O3S/c1-7(6-15(2,13)14)11-9(12)8-4-3-5-10-8/h7-8,10H,3-6H2,1-2H3,(H,11,12)/t7?,8-/m0/s1. The normalized spacial score (nSPS) is 23.7. The molecular weight excluding hydrogens is 216 g/mol.